The van der Waals surface area contributed by atoms with Gasteiger partial charge in [0.2, 0.25) is 0 Å². The molecule has 1 aliphatic rings. The fraction of sp³-hybridized carbons (Fsp3) is 0.733. The van der Waals surface area contributed by atoms with E-state index in [1.54, 1.807) is 7.11 Å². The van der Waals surface area contributed by atoms with Gasteiger partial charge < -0.3 is 10.1 Å². The highest BCUT2D eigenvalue weighted by Crippen LogP contribution is 2.41. The van der Waals surface area contributed by atoms with Crippen molar-refractivity contribution in [3.8, 4) is 0 Å². The lowest BCUT2D eigenvalue weighted by atomic mass is 9.98. The molecule has 1 aliphatic carbocycles. The highest BCUT2D eigenvalue weighted by atomic mass is 16.5. The second-order valence-corrected chi connectivity index (χ2v) is 5.71. The zero-order chi connectivity index (χ0) is 14.0. The maximum absolute atomic E-state index is 5.79. The van der Waals surface area contributed by atoms with Gasteiger partial charge >= 0.3 is 0 Å². The van der Waals surface area contributed by atoms with E-state index in [4.69, 9.17) is 14.7 Å². The summed E-state index contributed by atoms with van der Waals surface area (Å²) in [5.74, 6) is 2.21. The largest absolute Gasteiger partial charge is 0.373 e. The summed E-state index contributed by atoms with van der Waals surface area (Å²) in [6.07, 6.45) is 4.42. The average Bonchev–Trinajstić information content (AvgIpc) is 2.87. The zero-order valence-electron chi connectivity index (χ0n) is 12.7. The van der Waals surface area contributed by atoms with Gasteiger partial charge in [-0.15, -0.1) is 0 Å². The van der Waals surface area contributed by atoms with Crippen LogP contribution in [0.4, 0.5) is 5.82 Å². The van der Waals surface area contributed by atoms with Crippen LogP contribution in [0.2, 0.25) is 0 Å². The van der Waals surface area contributed by atoms with E-state index in [0.29, 0.717) is 5.92 Å². The van der Waals surface area contributed by atoms with Crippen LogP contribution >= 0.6 is 0 Å². The van der Waals surface area contributed by atoms with Crippen molar-refractivity contribution in [1.82, 2.24) is 9.97 Å². The first-order valence-corrected chi connectivity index (χ1v) is 7.16. The van der Waals surface area contributed by atoms with Gasteiger partial charge in [-0.1, -0.05) is 13.8 Å². The third kappa shape index (κ3) is 2.46. The predicted molar refractivity (Wildman–Crippen MR) is 77.6 cm³/mol. The number of ether oxygens (including phenoxy) is 1. The number of hydrogen-bond donors (Lipinski definition) is 1. The Kier molecular flexibility index (Phi) is 4.09. The van der Waals surface area contributed by atoms with E-state index in [0.717, 1.165) is 30.2 Å². The van der Waals surface area contributed by atoms with Crippen LogP contribution in [0.5, 0.6) is 0 Å². The van der Waals surface area contributed by atoms with Gasteiger partial charge in [0, 0.05) is 25.4 Å². The summed E-state index contributed by atoms with van der Waals surface area (Å²) in [6, 6.07) is 0. The molecule has 1 heterocycles. The van der Waals surface area contributed by atoms with Crippen LogP contribution in [0.25, 0.3) is 0 Å². The van der Waals surface area contributed by atoms with Crippen LogP contribution in [0.15, 0.2) is 0 Å². The molecule has 106 valence electrons. The molecule has 0 amide bonds. The standard InChI is InChI=1S/C15H25N3O/c1-10(2)12-11(3)17-14(18-13(12)16-4)15(19-5)8-6-7-9-15/h10H,6-9H2,1-5H3,(H,16,17,18). The minimum absolute atomic E-state index is 0.272. The molecule has 1 aromatic rings. The lowest BCUT2D eigenvalue weighted by Crippen LogP contribution is -2.28. The third-order valence-electron chi connectivity index (χ3n) is 4.16. The van der Waals surface area contributed by atoms with Crippen LogP contribution in [-0.2, 0) is 10.3 Å². The SMILES string of the molecule is CNc1nc(C2(OC)CCCC2)nc(C)c1C(C)C. The van der Waals surface area contributed by atoms with Gasteiger partial charge in [-0.2, -0.15) is 0 Å². The number of hydrogen-bond acceptors (Lipinski definition) is 4. The number of rotatable bonds is 4. The number of aromatic nitrogens is 2. The van der Waals surface area contributed by atoms with Crippen molar-refractivity contribution in [3.05, 3.63) is 17.1 Å². The van der Waals surface area contributed by atoms with Gasteiger partial charge in [0.25, 0.3) is 0 Å². The Morgan fingerprint density at radius 2 is 1.84 bits per heavy atom. The minimum Gasteiger partial charge on any atom is -0.373 e. The Morgan fingerprint density at radius 3 is 2.32 bits per heavy atom. The maximum atomic E-state index is 5.79. The van der Waals surface area contributed by atoms with Gasteiger partial charge in [0.15, 0.2) is 5.82 Å². The monoisotopic (exact) mass is 263 g/mol. The molecular weight excluding hydrogens is 238 g/mol. The molecule has 1 N–H and O–H groups in total. The van der Waals surface area contributed by atoms with E-state index in [9.17, 15) is 0 Å². The Morgan fingerprint density at radius 1 is 1.21 bits per heavy atom. The number of methoxy groups -OCH3 is 1. The average molecular weight is 263 g/mol. The van der Waals surface area contributed by atoms with E-state index in [-0.39, 0.29) is 5.60 Å². The second kappa shape index (κ2) is 5.45. The number of anilines is 1. The van der Waals surface area contributed by atoms with E-state index in [1.165, 1.54) is 18.4 Å². The quantitative estimate of drug-likeness (QED) is 0.904. The van der Waals surface area contributed by atoms with Gasteiger partial charge in [-0.3, -0.25) is 0 Å². The highest BCUT2D eigenvalue weighted by Gasteiger charge is 2.39. The molecule has 0 atom stereocenters. The van der Waals surface area contributed by atoms with Crippen LogP contribution in [-0.4, -0.2) is 24.1 Å². The lowest BCUT2D eigenvalue weighted by molar-refractivity contribution is -0.0163. The van der Waals surface area contributed by atoms with Crippen molar-refractivity contribution < 1.29 is 4.74 Å². The first-order valence-electron chi connectivity index (χ1n) is 7.16. The summed E-state index contributed by atoms with van der Waals surface area (Å²) >= 11 is 0. The third-order valence-corrected chi connectivity index (χ3v) is 4.16. The molecule has 4 heteroatoms. The minimum atomic E-state index is -0.272. The normalized spacial score (nSPS) is 18.0. The zero-order valence-corrected chi connectivity index (χ0v) is 12.7. The summed E-state index contributed by atoms with van der Waals surface area (Å²) in [5, 5.41) is 3.22. The van der Waals surface area contributed by atoms with Gasteiger partial charge in [0.1, 0.15) is 11.4 Å². The number of nitrogens with one attached hydrogen (secondary N) is 1. The van der Waals surface area contributed by atoms with Crippen LogP contribution in [0.3, 0.4) is 0 Å². The van der Waals surface area contributed by atoms with Crippen molar-refractivity contribution in [3.63, 3.8) is 0 Å². The summed E-state index contributed by atoms with van der Waals surface area (Å²) < 4.78 is 5.79. The molecule has 0 aliphatic heterocycles. The van der Waals surface area contributed by atoms with Crippen molar-refractivity contribution in [2.75, 3.05) is 19.5 Å². The van der Waals surface area contributed by atoms with Crippen molar-refractivity contribution in [2.45, 2.75) is 58.0 Å². The first-order chi connectivity index (χ1) is 9.04. The molecule has 0 unspecified atom stereocenters. The molecule has 0 bridgehead atoms. The number of nitrogens with zero attached hydrogens (tertiary/aromatic N) is 2. The van der Waals surface area contributed by atoms with E-state index >= 15 is 0 Å². The van der Waals surface area contributed by atoms with E-state index < -0.39 is 0 Å². The van der Waals surface area contributed by atoms with Gasteiger partial charge in [-0.25, -0.2) is 9.97 Å². The molecule has 0 aromatic carbocycles. The molecule has 1 saturated carbocycles. The molecule has 0 spiro atoms. The van der Waals surface area contributed by atoms with E-state index in [2.05, 4.69) is 26.1 Å². The molecule has 0 saturated heterocycles. The molecule has 1 aromatic heterocycles. The Hall–Kier alpha value is -1.16. The Balaban J connectivity index is 2.51. The maximum Gasteiger partial charge on any atom is 0.162 e. The smallest absolute Gasteiger partial charge is 0.162 e. The highest BCUT2D eigenvalue weighted by molar-refractivity contribution is 5.48. The fourth-order valence-electron chi connectivity index (χ4n) is 3.13. The summed E-state index contributed by atoms with van der Waals surface area (Å²) in [4.78, 5) is 9.50. The summed E-state index contributed by atoms with van der Waals surface area (Å²) in [6.45, 7) is 6.42. The molecule has 2 rings (SSSR count). The van der Waals surface area contributed by atoms with Crippen LogP contribution < -0.4 is 5.32 Å². The number of aryl methyl sites for hydroxylation is 1. The van der Waals surface area contributed by atoms with Gasteiger partial charge in [0.05, 0.1) is 0 Å². The Labute approximate surface area is 116 Å². The van der Waals surface area contributed by atoms with Crippen molar-refractivity contribution in [2.24, 2.45) is 0 Å². The summed E-state index contributed by atoms with van der Waals surface area (Å²) in [5.41, 5.74) is 1.99. The van der Waals surface area contributed by atoms with Crippen molar-refractivity contribution >= 4 is 5.82 Å². The molecular formula is C15H25N3O. The first kappa shape index (κ1) is 14.3. The van der Waals surface area contributed by atoms with E-state index in [1.807, 2.05) is 7.05 Å². The molecule has 19 heavy (non-hydrogen) atoms. The summed E-state index contributed by atoms with van der Waals surface area (Å²) in [7, 11) is 3.70. The molecule has 1 fully saturated rings. The van der Waals surface area contributed by atoms with Crippen molar-refractivity contribution in [1.29, 1.82) is 0 Å². The fourth-order valence-corrected chi connectivity index (χ4v) is 3.13. The lowest BCUT2D eigenvalue weighted by Gasteiger charge is -2.27. The van der Waals surface area contributed by atoms with Crippen LogP contribution in [0, 0.1) is 6.92 Å². The Bertz CT molecular complexity index is 451. The van der Waals surface area contributed by atoms with Gasteiger partial charge in [-0.05, 0) is 38.5 Å². The topological polar surface area (TPSA) is 47.0 Å². The molecule has 0 radical (unpaired) electrons. The van der Waals surface area contributed by atoms with Crippen LogP contribution in [0.1, 0.15) is 62.5 Å². The second-order valence-electron chi connectivity index (χ2n) is 5.71. The molecule has 4 nitrogen and oxygen atoms in total. The predicted octanol–water partition coefficient (Wildman–Crippen LogP) is 3.37.